The standard InChI is InChI=1S/C23H23N7O2/c1-3-5-9-20-26-30(21(31)4-2)23(32)29(20)15-16-10-12-17(13-11-16)18-7-6-8-19(14-18)22-24-27-28-25-22/h5-14H,3-4,15H2,1-2H3,(H,24,25,27,28). The Hall–Kier alpha value is -4.14. The van der Waals surface area contributed by atoms with Gasteiger partial charge in [-0.05, 0) is 40.5 Å². The highest BCUT2D eigenvalue weighted by Crippen LogP contribution is 2.24. The Balaban J connectivity index is 1.62. The van der Waals surface area contributed by atoms with E-state index >= 15 is 0 Å². The van der Waals surface area contributed by atoms with Gasteiger partial charge in [-0.15, -0.1) is 20.0 Å². The van der Waals surface area contributed by atoms with E-state index in [9.17, 15) is 9.59 Å². The molecule has 0 aliphatic heterocycles. The van der Waals surface area contributed by atoms with Gasteiger partial charge >= 0.3 is 5.69 Å². The van der Waals surface area contributed by atoms with Gasteiger partial charge in [0.1, 0.15) is 0 Å². The van der Waals surface area contributed by atoms with E-state index in [1.54, 1.807) is 13.0 Å². The Morgan fingerprint density at radius 2 is 1.84 bits per heavy atom. The number of H-pyrrole nitrogens is 1. The van der Waals surface area contributed by atoms with Crippen LogP contribution in [-0.2, 0) is 6.54 Å². The molecule has 0 atom stereocenters. The summed E-state index contributed by atoms with van der Waals surface area (Å²) in [6, 6.07) is 15.8. The largest absolute Gasteiger partial charge is 0.353 e. The number of hydrogen-bond donors (Lipinski definition) is 1. The van der Waals surface area contributed by atoms with Crippen LogP contribution in [0.15, 0.2) is 59.4 Å². The Bertz CT molecular complexity index is 1300. The molecule has 4 rings (SSSR count). The van der Waals surface area contributed by atoms with Crippen LogP contribution in [0.4, 0.5) is 0 Å². The number of rotatable bonds is 7. The van der Waals surface area contributed by atoms with Crippen molar-refractivity contribution in [2.24, 2.45) is 0 Å². The van der Waals surface area contributed by atoms with Gasteiger partial charge in [-0.2, -0.15) is 5.21 Å². The summed E-state index contributed by atoms with van der Waals surface area (Å²) in [6.45, 7) is 4.03. The van der Waals surface area contributed by atoms with Crippen LogP contribution in [0.2, 0.25) is 0 Å². The van der Waals surface area contributed by atoms with E-state index in [1.807, 2.05) is 61.5 Å². The predicted octanol–water partition coefficient (Wildman–Crippen LogP) is 3.41. The molecule has 0 aliphatic carbocycles. The number of benzene rings is 2. The van der Waals surface area contributed by atoms with Crippen molar-refractivity contribution in [1.29, 1.82) is 0 Å². The summed E-state index contributed by atoms with van der Waals surface area (Å²) in [7, 11) is 0. The van der Waals surface area contributed by atoms with Crippen molar-refractivity contribution in [3.05, 3.63) is 76.5 Å². The SMILES string of the molecule is CCC=Cc1nn(C(=O)CC)c(=O)n1Cc1ccc(-c2cccc(-c3nn[nH]n3)c2)cc1. The average Bonchev–Trinajstić information content (AvgIpc) is 3.47. The Morgan fingerprint density at radius 3 is 2.53 bits per heavy atom. The van der Waals surface area contributed by atoms with E-state index in [0.29, 0.717) is 18.2 Å². The first-order chi connectivity index (χ1) is 15.6. The number of carbonyl (C=O) groups excluding carboxylic acids is 1. The van der Waals surface area contributed by atoms with E-state index < -0.39 is 5.69 Å². The van der Waals surface area contributed by atoms with Crippen molar-refractivity contribution in [2.45, 2.75) is 33.2 Å². The van der Waals surface area contributed by atoms with Crippen molar-refractivity contribution in [1.82, 2.24) is 35.0 Å². The van der Waals surface area contributed by atoms with Crippen LogP contribution in [0, 0.1) is 0 Å². The van der Waals surface area contributed by atoms with Gasteiger partial charge in [-0.3, -0.25) is 9.36 Å². The molecule has 2 aromatic carbocycles. The average molecular weight is 429 g/mol. The fourth-order valence-electron chi connectivity index (χ4n) is 3.33. The Labute approximate surface area is 184 Å². The monoisotopic (exact) mass is 429 g/mol. The number of allylic oxidation sites excluding steroid dienone is 1. The zero-order valence-corrected chi connectivity index (χ0v) is 17.9. The fourth-order valence-corrected chi connectivity index (χ4v) is 3.33. The topological polar surface area (TPSA) is 111 Å². The molecule has 0 aliphatic rings. The molecule has 0 fully saturated rings. The van der Waals surface area contributed by atoms with Crippen LogP contribution in [-0.4, -0.2) is 40.9 Å². The molecule has 0 amide bonds. The second-order valence-corrected chi connectivity index (χ2v) is 7.21. The second-order valence-electron chi connectivity index (χ2n) is 7.21. The van der Waals surface area contributed by atoms with Crippen molar-refractivity contribution >= 4 is 12.0 Å². The lowest BCUT2D eigenvalue weighted by Crippen LogP contribution is -2.29. The van der Waals surface area contributed by atoms with E-state index in [1.165, 1.54) is 4.57 Å². The first kappa shape index (κ1) is 21.1. The molecule has 9 nitrogen and oxygen atoms in total. The molecule has 162 valence electrons. The van der Waals surface area contributed by atoms with Gasteiger partial charge in [-0.25, -0.2) is 4.79 Å². The third-order valence-corrected chi connectivity index (χ3v) is 5.03. The smallest absolute Gasteiger partial charge is 0.272 e. The molecule has 32 heavy (non-hydrogen) atoms. The van der Waals surface area contributed by atoms with Gasteiger partial charge in [0.15, 0.2) is 5.82 Å². The van der Waals surface area contributed by atoms with Crippen molar-refractivity contribution < 1.29 is 4.79 Å². The second kappa shape index (κ2) is 9.34. The van der Waals surface area contributed by atoms with Gasteiger partial charge in [0.25, 0.3) is 5.91 Å². The van der Waals surface area contributed by atoms with E-state index in [4.69, 9.17) is 0 Å². The molecule has 2 aromatic heterocycles. The summed E-state index contributed by atoms with van der Waals surface area (Å²) in [5.74, 6) is 0.682. The van der Waals surface area contributed by atoms with Gasteiger partial charge in [0.05, 0.1) is 6.54 Å². The molecule has 9 heteroatoms. The minimum atomic E-state index is -0.426. The normalized spacial score (nSPS) is 11.3. The number of tetrazole rings is 1. The molecule has 0 unspecified atom stereocenters. The molecule has 0 spiro atoms. The fraction of sp³-hybridized carbons (Fsp3) is 0.217. The molecule has 0 radical (unpaired) electrons. The predicted molar refractivity (Wildman–Crippen MR) is 121 cm³/mol. The third kappa shape index (κ3) is 4.31. The van der Waals surface area contributed by atoms with Crippen LogP contribution < -0.4 is 5.69 Å². The number of aromatic nitrogens is 7. The first-order valence-electron chi connectivity index (χ1n) is 10.4. The van der Waals surface area contributed by atoms with Crippen LogP contribution in [0.1, 0.15) is 42.9 Å². The van der Waals surface area contributed by atoms with E-state index in [0.717, 1.165) is 33.4 Å². The molecule has 1 N–H and O–H groups in total. The first-order valence-corrected chi connectivity index (χ1v) is 10.4. The van der Waals surface area contributed by atoms with E-state index in [2.05, 4.69) is 25.7 Å². The number of nitrogens with one attached hydrogen (secondary N) is 1. The summed E-state index contributed by atoms with van der Waals surface area (Å²) in [4.78, 5) is 24.9. The summed E-state index contributed by atoms with van der Waals surface area (Å²) < 4.78 is 2.47. The lowest BCUT2D eigenvalue weighted by molar-refractivity contribution is 0.0887. The molecule has 0 saturated heterocycles. The van der Waals surface area contributed by atoms with Crippen LogP contribution in [0.5, 0.6) is 0 Å². The minimum absolute atomic E-state index is 0.214. The molecule has 2 heterocycles. The molecular weight excluding hydrogens is 406 g/mol. The van der Waals surface area contributed by atoms with Gasteiger partial charge < -0.3 is 0 Å². The van der Waals surface area contributed by atoms with Crippen LogP contribution >= 0.6 is 0 Å². The number of hydrogen-bond acceptors (Lipinski definition) is 6. The maximum atomic E-state index is 12.8. The van der Waals surface area contributed by atoms with E-state index in [-0.39, 0.29) is 12.3 Å². The Morgan fingerprint density at radius 1 is 1.06 bits per heavy atom. The van der Waals surface area contributed by atoms with Gasteiger partial charge in [-0.1, -0.05) is 62.4 Å². The Kier molecular flexibility index (Phi) is 6.16. The van der Waals surface area contributed by atoms with Crippen molar-refractivity contribution in [2.75, 3.05) is 0 Å². The highest BCUT2D eigenvalue weighted by molar-refractivity contribution is 5.77. The summed E-state index contributed by atoms with van der Waals surface area (Å²) in [5.41, 5.74) is 3.41. The maximum absolute atomic E-state index is 12.8. The quantitative estimate of drug-likeness (QED) is 0.482. The zero-order chi connectivity index (χ0) is 22.5. The summed E-state index contributed by atoms with van der Waals surface area (Å²) in [5, 5.41) is 18.3. The lowest BCUT2D eigenvalue weighted by atomic mass is 10.0. The number of aromatic amines is 1. The van der Waals surface area contributed by atoms with Crippen molar-refractivity contribution in [3.63, 3.8) is 0 Å². The number of nitrogens with zero attached hydrogens (tertiary/aromatic N) is 6. The zero-order valence-electron chi connectivity index (χ0n) is 17.9. The van der Waals surface area contributed by atoms with Crippen LogP contribution in [0.25, 0.3) is 28.6 Å². The molecule has 0 saturated carbocycles. The maximum Gasteiger partial charge on any atom is 0.353 e. The van der Waals surface area contributed by atoms with Gasteiger partial charge in [0, 0.05) is 12.0 Å². The lowest BCUT2D eigenvalue weighted by Gasteiger charge is -2.07. The minimum Gasteiger partial charge on any atom is -0.272 e. The molecule has 0 bridgehead atoms. The van der Waals surface area contributed by atoms with Gasteiger partial charge in [0.2, 0.25) is 5.82 Å². The number of carbonyl (C=O) groups is 1. The third-order valence-electron chi connectivity index (χ3n) is 5.03. The van der Waals surface area contributed by atoms with Crippen molar-refractivity contribution in [3.8, 4) is 22.5 Å². The highest BCUT2D eigenvalue weighted by atomic mass is 16.2. The summed E-state index contributed by atoms with van der Waals surface area (Å²) in [6.07, 6.45) is 4.71. The summed E-state index contributed by atoms with van der Waals surface area (Å²) >= 11 is 0. The molecular formula is C23H23N7O2. The van der Waals surface area contributed by atoms with Crippen LogP contribution in [0.3, 0.4) is 0 Å². The highest BCUT2D eigenvalue weighted by Gasteiger charge is 2.16. The molecule has 4 aromatic rings.